The summed E-state index contributed by atoms with van der Waals surface area (Å²) in [6.07, 6.45) is 2.29. The molecule has 3 saturated heterocycles. The molecule has 0 radical (unpaired) electrons. The van der Waals surface area contributed by atoms with Gasteiger partial charge in [0.25, 0.3) is 11.8 Å². The van der Waals surface area contributed by atoms with Gasteiger partial charge in [-0.2, -0.15) is 0 Å². The van der Waals surface area contributed by atoms with Crippen molar-refractivity contribution in [1.82, 2.24) is 15.1 Å². The van der Waals surface area contributed by atoms with E-state index in [1.165, 1.54) is 7.11 Å². The summed E-state index contributed by atoms with van der Waals surface area (Å²) >= 11 is 0. The average molecular weight is 605 g/mol. The highest BCUT2D eigenvalue weighted by molar-refractivity contribution is 6.23. The van der Waals surface area contributed by atoms with Gasteiger partial charge in [-0.25, -0.2) is 0 Å². The highest BCUT2D eigenvalue weighted by Gasteiger charge is 2.44. The number of nitrogens with zero attached hydrogens (tertiary/aromatic N) is 5. The Hall–Kier alpha value is -4.52. The number of nitro groups is 1. The third kappa shape index (κ3) is 5.47. The van der Waals surface area contributed by atoms with Crippen molar-refractivity contribution in [2.75, 3.05) is 62.7 Å². The van der Waals surface area contributed by atoms with Crippen LogP contribution in [0.2, 0.25) is 0 Å². The van der Waals surface area contributed by atoms with Crippen LogP contribution in [0.1, 0.15) is 52.0 Å². The van der Waals surface area contributed by atoms with Crippen LogP contribution in [0.5, 0.6) is 5.75 Å². The number of nitro benzene ring substituents is 1. The zero-order chi connectivity index (χ0) is 31.1. The number of carbonyl (C=O) groups excluding carboxylic acids is 4. The second kappa shape index (κ2) is 11.9. The van der Waals surface area contributed by atoms with Gasteiger partial charge < -0.3 is 14.5 Å². The fourth-order valence-corrected chi connectivity index (χ4v) is 6.87. The van der Waals surface area contributed by atoms with E-state index in [2.05, 4.69) is 20.0 Å². The number of hydrogen-bond acceptors (Lipinski definition) is 10. The number of imide groups is 2. The van der Waals surface area contributed by atoms with Crippen LogP contribution in [-0.4, -0.2) is 97.3 Å². The highest BCUT2D eigenvalue weighted by Crippen LogP contribution is 2.36. The lowest BCUT2D eigenvalue weighted by atomic mass is 9.95. The van der Waals surface area contributed by atoms with E-state index in [0.717, 1.165) is 80.5 Å². The molecule has 1 atom stereocenters. The highest BCUT2D eigenvalue weighted by atomic mass is 16.6. The monoisotopic (exact) mass is 604 g/mol. The van der Waals surface area contributed by atoms with Gasteiger partial charge in [0.05, 0.1) is 23.2 Å². The molecule has 13 nitrogen and oxygen atoms in total. The van der Waals surface area contributed by atoms with Crippen molar-refractivity contribution in [3.8, 4) is 5.75 Å². The number of nitrogens with one attached hydrogen (secondary N) is 1. The summed E-state index contributed by atoms with van der Waals surface area (Å²) in [6, 6.07) is 7.67. The minimum atomic E-state index is -0.972. The fourth-order valence-electron chi connectivity index (χ4n) is 6.87. The largest absolute Gasteiger partial charge is 0.490 e. The number of carbonyl (C=O) groups is 4. The molecule has 6 rings (SSSR count). The quantitative estimate of drug-likeness (QED) is 0.284. The average Bonchev–Trinajstić information content (AvgIpc) is 3.26. The number of hydrogen-bond donors (Lipinski definition) is 1. The van der Waals surface area contributed by atoms with Gasteiger partial charge in [-0.15, -0.1) is 0 Å². The Labute approximate surface area is 254 Å². The van der Waals surface area contributed by atoms with Gasteiger partial charge >= 0.3 is 5.69 Å². The van der Waals surface area contributed by atoms with Gasteiger partial charge in [-0.05, 0) is 55.9 Å². The van der Waals surface area contributed by atoms with Crippen molar-refractivity contribution in [3.63, 3.8) is 0 Å². The molecule has 13 heteroatoms. The summed E-state index contributed by atoms with van der Waals surface area (Å²) < 4.78 is 5.29. The predicted octanol–water partition coefficient (Wildman–Crippen LogP) is 2.35. The van der Waals surface area contributed by atoms with Crippen LogP contribution in [0, 0.1) is 23.0 Å². The van der Waals surface area contributed by atoms with Crippen LogP contribution in [-0.2, 0) is 9.59 Å². The number of piperidine rings is 2. The molecular formula is C31H36N6O7. The van der Waals surface area contributed by atoms with Gasteiger partial charge in [0.15, 0.2) is 5.75 Å². The Balaban J connectivity index is 1.02. The van der Waals surface area contributed by atoms with Crippen molar-refractivity contribution in [3.05, 3.63) is 57.1 Å². The van der Waals surface area contributed by atoms with Crippen LogP contribution >= 0.6 is 0 Å². The molecule has 3 fully saturated rings. The molecule has 0 bridgehead atoms. The number of ether oxygens (including phenoxy) is 1. The molecule has 4 aliphatic heterocycles. The summed E-state index contributed by atoms with van der Waals surface area (Å²) in [5.74, 6) is -1.16. The molecule has 0 saturated carbocycles. The zero-order valence-electron chi connectivity index (χ0n) is 24.9. The van der Waals surface area contributed by atoms with E-state index in [0.29, 0.717) is 11.5 Å². The molecule has 4 amide bonds. The second-order valence-electron chi connectivity index (χ2n) is 12.0. The lowest BCUT2D eigenvalue weighted by Gasteiger charge is -2.40. The summed E-state index contributed by atoms with van der Waals surface area (Å²) in [7, 11) is 1.45. The van der Waals surface area contributed by atoms with Crippen molar-refractivity contribution in [2.45, 2.75) is 38.6 Å². The van der Waals surface area contributed by atoms with E-state index >= 15 is 0 Å². The van der Waals surface area contributed by atoms with E-state index < -0.39 is 34.6 Å². The van der Waals surface area contributed by atoms with Crippen LogP contribution in [0.4, 0.5) is 17.1 Å². The number of fused-ring (bicyclic) bond motifs is 1. The summed E-state index contributed by atoms with van der Waals surface area (Å²) in [5, 5.41) is 13.6. The van der Waals surface area contributed by atoms with Crippen LogP contribution in [0.15, 0.2) is 30.3 Å². The maximum Gasteiger partial charge on any atom is 0.311 e. The van der Waals surface area contributed by atoms with Gasteiger partial charge in [0.2, 0.25) is 11.8 Å². The number of anilines is 2. The predicted molar refractivity (Wildman–Crippen MR) is 161 cm³/mol. The number of methoxy groups -OCH3 is 1. The van der Waals surface area contributed by atoms with Crippen molar-refractivity contribution in [2.24, 2.45) is 5.92 Å². The fraction of sp³-hybridized carbons (Fsp3) is 0.484. The number of aryl methyl sites for hydroxylation is 1. The Bertz CT molecular complexity index is 1530. The molecule has 4 aliphatic rings. The third-order valence-corrected chi connectivity index (χ3v) is 9.33. The molecule has 232 valence electrons. The molecule has 1 unspecified atom stereocenters. The van der Waals surface area contributed by atoms with Crippen molar-refractivity contribution < 1.29 is 28.8 Å². The molecular weight excluding hydrogens is 568 g/mol. The first-order valence-corrected chi connectivity index (χ1v) is 15.1. The molecule has 2 aromatic rings. The minimum absolute atomic E-state index is 0.0167. The van der Waals surface area contributed by atoms with Gasteiger partial charge in [0.1, 0.15) is 6.04 Å². The van der Waals surface area contributed by atoms with E-state index in [-0.39, 0.29) is 29.8 Å². The normalized spacial score (nSPS) is 21.5. The van der Waals surface area contributed by atoms with E-state index in [1.54, 1.807) is 24.3 Å². The van der Waals surface area contributed by atoms with E-state index in [9.17, 15) is 29.3 Å². The van der Waals surface area contributed by atoms with E-state index in [4.69, 9.17) is 4.74 Å². The van der Waals surface area contributed by atoms with Gasteiger partial charge in [0, 0.05) is 75.7 Å². The number of amides is 4. The summed E-state index contributed by atoms with van der Waals surface area (Å²) in [4.78, 5) is 69.1. The number of piperazine rings is 1. The zero-order valence-corrected chi connectivity index (χ0v) is 24.9. The molecule has 2 aromatic carbocycles. The van der Waals surface area contributed by atoms with E-state index in [1.807, 2.05) is 13.0 Å². The molecule has 1 N–H and O–H groups in total. The van der Waals surface area contributed by atoms with Crippen molar-refractivity contribution >= 4 is 40.7 Å². The first-order valence-electron chi connectivity index (χ1n) is 15.1. The maximum atomic E-state index is 13.2. The third-order valence-electron chi connectivity index (χ3n) is 9.33. The van der Waals surface area contributed by atoms with Crippen molar-refractivity contribution in [1.29, 1.82) is 0 Å². The number of rotatable bonds is 7. The van der Waals surface area contributed by atoms with Crippen LogP contribution < -0.4 is 19.9 Å². The van der Waals surface area contributed by atoms with Gasteiger partial charge in [-0.3, -0.25) is 44.4 Å². The first-order chi connectivity index (χ1) is 21.1. The lowest BCUT2D eigenvalue weighted by molar-refractivity contribution is -0.385. The Morgan fingerprint density at radius 3 is 2.27 bits per heavy atom. The topological polar surface area (TPSA) is 146 Å². The summed E-state index contributed by atoms with van der Waals surface area (Å²) in [6.45, 7) is 8.00. The van der Waals surface area contributed by atoms with Crippen LogP contribution in [0.25, 0.3) is 0 Å². The summed E-state index contributed by atoms with van der Waals surface area (Å²) in [5.41, 5.74) is 3.29. The van der Waals surface area contributed by atoms with Gasteiger partial charge in [-0.1, -0.05) is 0 Å². The maximum absolute atomic E-state index is 13.2. The lowest BCUT2D eigenvalue weighted by Crippen LogP contribution is -2.54. The molecule has 4 heterocycles. The SMILES string of the molecule is COc1cc(N2CCC(CN3CCN(c4ccc5c(c4)C(=O)N(C4CCC(=O)NC4=O)C5=O)CC3)CC2)c(C)cc1[N+](=O)[O-]. The Kier molecular flexibility index (Phi) is 7.97. The minimum Gasteiger partial charge on any atom is -0.490 e. The number of benzene rings is 2. The first kappa shape index (κ1) is 29.5. The second-order valence-corrected chi connectivity index (χ2v) is 12.0. The molecule has 0 spiro atoms. The smallest absolute Gasteiger partial charge is 0.311 e. The Morgan fingerprint density at radius 1 is 0.909 bits per heavy atom. The molecule has 0 aliphatic carbocycles. The molecule has 0 aromatic heterocycles. The van der Waals surface area contributed by atoms with Crippen LogP contribution in [0.3, 0.4) is 0 Å². The standard InChI is InChI=1S/C31H36N6O7/c1-19-15-26(37(42)43)27(44-2)17-25(19)35-9-7-20(8-10-35)18-33-11-13-34(14-12-33)21-3-4-22-23(16-21)31(41)36(30(22)40)24-5-6-28(38)32-29(24)39/h3-4,15-17,20,24H,5-14,18H2,1-2H3,(H,32,38,39). The molecule has 44 heavy (non-hydrogen) atoms. The Morgan fingerprint density at radius 2 is 1.61 bits per heavy atom.